The maximum absolute atomic E-state index is 9.63. The van der Waals surface area contributed by atoms with E-state index in [4.69, 9.17) is 4.74 Å². The SMILES string of the molecule is CC1(C)CCCC1NC1COCC1O. The summed E-state index contributed by atoms with van der Waals surface area (Å²) in [6.45, 7) is 5.76. The van der Waals surface area contributed by atoms with Crippen molar-refractivity contribution in [1.82, 2.24) is 5.32 Å². The molecule has 3 nitrogen and oxygen atoms in total. The van der Waals surface area contributed by atoms with Crippen molar-refractivity contribution in [1.29, 1.82) is 0 Å². The van der Waals surface area contributed by atoms with E-state index >= 15 is 0 Å². The van der Waals surface area contributed by atoms with Crippen LogP contribution in [0.4, 0.5) is 0 Å². The highest BCUT2D eigenvalue weighted by atomic mass is 16.5. The van der Waals surface area contributed by atoms with Crippen LogP contribution in [-0.4, -0.2) is 36.5 Å². The number of rotatable bonds is 2. The fraction of sp³-hybridized carbons (Fsp3) is 1.00. The Labute approximate surface area is 85.8 Å². The molecular formula is C11H21NO2. The van der Waals surface area contributed by atoms with Gasteiger partial charge >= 0.3 is 0 Å². The van der Waals surface area contributed by atoms with Crippen LogP contribution < -0.4 is 5.32 Å². The van der Waals surface area contributed by atoms with E-state index in [9.17, 15) is 5.11 Å². The first kappa shape index (κ1) is 10.4. The van der Waals surface area contributed by atoms with Gasteiger partial charge < -0.3 is 15.2 Å². The first-order valence-electron chi connectivity index (χ1n) is 5.61. The van der Waals surface area contributed by atoms with Crippen LogP contribution in [0.5, 0.6) is 0 Å². The van der Waals surface area contributed by atoms with Gasteiger partial charge in [0.1, 0.15) is 0 Å². The van der Waals surface area contributed by atoms with Gasteiger partial charge in [-0.25, -0.2) is 0 Å². The summed E-state index contributed by atoms with van der Waals surface area (Å²) in [6, 6.07) is 0.696. The minimum atomic E-state index is -0.314. The summed E-state index contributed by atoms with van der Waals surface area (Å²) in [5, 5.41) is 13.2. The second kappa shape index (κ2) is 3.80. The number of aliphatic hydroxyl groups excluding tert-OH is 1. The third-order valence-corrected chi connectivity index (χ3v) is 3.72. The Hall–Kier alpha value is -0.120. The van der Waals surface area contributed by atoms with Gasteiger partial charge in [0, 0.05) is 6.04 Å². The minimum Gasteiger partial charge on any atom is -0.389 e. The Morgan fingerprint density at radius 1 is 1.36 bits per heavy atom. The van der Waals surface area contributed by atoms with E-state index in [1.807, 2.05) is 0 Å². The highest BCUT2D eigenvalue weighted by Crippen LogP contribution is 2.37. The molecule has 3 unspecified atom stereocenters. The molecule has 0 aromatic rings. The molecule has 2 aliphatic rings. The standard InChI is InChI=1S/C11H21NO2/c1-11(2)5-3-4-10(11)12-8-6-14-7-9(8)13/h8-10,12-13H,3-7H2,1-2H3. The zero-order chi connectivity index (χ0) is 10.2. The van der Waals surface area contributed by atoms with Crippen LogP contribution in [-0.2, 0) is 4.74 Å². The van der Waals surface area contributed by atoms with Crippen LogP contribution in [0.3, 0.4) is 0 Å². The fourth-order valence-corrected chi connectivity index (χ4v) is 2.60. The molecule has 2 N–H and O–H groups in total. The summed E-state index contributed by atoms with van der Waals surface area (Å²) in [5.41, 5.74) is 0.377. The van der Waals surface area contributed by atoms with Crippen LogP contribution in [0, 0.1) is 5.41 Å². The third-order valence-electron chi connectivity index (χ3n) is 3.72. The number of aliphatic hydroxyl groups is 1. The van der Waals surface area contributed by atoms with E-state index < -0.39 is 0 Å². The molecule has 1 saturated carbocycles. The van der Waals surface area contributed by atoms with Crippen molar-refractivity contribution in [3.63, 3.8) is 0 Å². The summed E-state index contributed by atoms with van der Waals surface area (Å²) in [6.07, 6.45) is 3.50. The summed E-state index contributed by atoms with van der Waals surface area (Å²) >= 11 is 0. The molecule has 0 aromatic heterocycles. The van der Waals surface area contributed by atoms with Gasteiger partial charge in [-0.05, 0) is 18.3 Å². The highest BCUT2D eigenvalue weighted by Gasteiger charge is 2.38. The second-order valence-corrected chi connectivity index (χ2v) is 5.31. The van der Waals surface area contributed by atoms with Crippen molar-refractivity contribution < 1.29 is 9.84 Å². The van der Waals surface area contributed by atoms with Crippen LogP contribution >= 0.6 is 0 Å². The van der Waals surface area contributed by atoms with Gasteiger partial charge in [0.25, 0.3) is 0 Å². The first-order chi connectivity index (χ1) is 6.59. The van der Waals surface area contributed by atoms with Gasteiger partial charge in [-0.3, -0.25) is 0 Å². The molecule has 0 radical (unpaired) electrons. The number of hydrogen-bond donors (Lipinski definition) is 2. The summed E-state index contributed by atoms with van der Waals surface area (Å²) in [7, 11) is 0. The van der Waals surface area contributed by atoms with E-state index in [0.29, 0.717) is 24.7 Å². The molecule has 0 amide bonds. The Morgan fingerprint density at radius 2 is 2.14 bits per heavy atom. The molecule has 0 spiro atoms. The smallest absolute Gasteiger partial charge is 0.0948 e. The van der Waals surface area contributed by atoms with Crippen molar-refractivity contribution in [3.8, 4) is 0 Å². The number of ether oxygens (including phenoxy) is 1. The molecule has 0 aromatic carbocycles. The molecular weight excluding hydrogens is 178 g/mol. The van der Waals surface area contributed by atoms with Gasteiger partial charge in [-0.15, -0.1) is 0 Å². The van der Waals surface area contributed by atoms with Crippen LogP contribution in [0.1, 0.15) is 33.1 Å². The van der Waals surface area contributed by atoms with Crippen molar-refractivity contribution in [2.24, 2.45) is 5.41 Å². The lowest BCUT2D eigenvalue weighted by Gasteiger charge is -2.31. The van der Waals surface area contributed by atoms with Gasteiger partial charge in [0.2, 0.25) is 0 Å². The van der Waals surface area contributed by atoms with Gasteiger partial charge in [0.05, 0.1) is 25.4 Å². The predicted molar refractivity (Wildman–Crippen MR) is 55.2 cm³/mol. The minimum absolute atomic E-state index is 0.150. The van der Waals surface area contributed by atoms with E-state index in [2.05, 4.69) is 19.2 Å². The zero-order valence-corrected chi connectivity index (χ0v) is 9.12. The normalized spacial score (nSPS) is 41.8. The quantitative estimate of drug-likeness (QED) is 0.694. The maximum Gasteiger partial charge on any atom is 0.0948 e. The fourth-order valence-electron chi connectivity index (χ4n) is 2.60. The van der Waals surface area contributed by atoms with Gasteiger partial charge in [-0.2, -0.15) is 0 Å². The Balaban J connectivity index is 1.90. The monoisotopic (exact) mass is 199 g/mol. The van der Waals surface area contributed by atoms with E-state index in [1.165, 1.54) is 19.3 Å². The Morgan fingerprint density at radius 3 is 2.64 bits per heavy atom. The molecule has 2 rings (SSSR count). The molecule has 3 heteroatoms. The maximum atomic E-state index is 9.63. The van der Waals surface area contributed by atoms with Crippen molar-refractivity contribution in [2.75, 3.05) is 13.2 Å². The van der Waals surface area contributed by atoms with E-state index in [-0.39, 0.29) is 12.1 Å². The average molecular weight is 199 g/mol. The van der Waals surface area contributed by atoms with Crippen LogP contribution in [0.25, 0.3) is 0 Å². The Bertz CT molecular complexity index is 205. The van der Waals surface area contributed by atoms with Gasteiger partial charge in [0.15, 0.2) is 0 Å². The summed E-state index contributed by atoms with van der Waals surface area (Å²) in [5.74, 6) is 0. The summed E-state index contributed by atoms with van der Waals surface area (Å²) in [4.78, 5) is 0. The van der Waals surface area contributed by atoms with E-state index in [1.54, 1.807) is 0 Å². The molecule has 1 saturated heterocycles. The third kappa shape index (κ3) is 1.95. The largest absolute Gasteiger partial charge is 0.389 e. The average Bonchev–Trinajstić information content (AvgIpc) is 2.62. The Kier molecular flexibility index (Phi) is 2.82. The first-order valence-corrected chi connectivity index (χ1v) is 5.61. The number of nitrogens with one attached hydrogen (secondary N) is 1. The van der Waals surface area contributed by atoms with Crippen LogP contribution in [0.2, 0.25) is 0 Å². The molecule has 1 heterocycles. The van der Waals surface area contributed by atoms with Crippen LogP contribution in [0.15, 0.2) is 0 Å². The molecule has 1 aliphatic carbocycles. The topological polar surface area (TPSA) is 41.5 Å². The number of hydrogen-bond acceptors (Lipinski definition) is 3. The van der Waals surface area contributed by atoms with Gasteiger partial charge in [-0.1, -0.05) is 20.3 Å². The predicted octanol–water partition coefficient (Wildman–Crippen LogP) is 0.914. The molecule has 3 atom stereocenters. The molecule has 1 aliphatic heterocycles. The lowest BCUT2D eigenvalue weighted by Crippen LogP contribution is -2.48. The zero-order valence-electron chi connectivity index (χ0n) is 9.12. The molecule has 14 heavy (non-hydrogen) atoms. The lowest BCUT2D eigenvalue weighted by molar-refractivity contribution is 0.118. The highest BCUT2D eigenvalue weighted by molar-refractivity contribution is 4.94. The molecule has 82 valence electrons. The lowest BCUT2D eigenvalue weighted by atomic mass is 9.87. The molecule has 2 fully saturated rings. The van der Waals surface area contributed by atoms with Crippen molar-refractivity contribution in [2.45, 2.75) is 51.3 Å². The van der Waals surface area contributed by atoms with Crippen molar-refractivity contribution in [3.05, 3.63) is 0 Å². The van der Waals surface area contributed by atoms with Crippen molar-refractivity contribution >= 4 is 0 Å². The summed E-state index contributed by atoms with van der Waals surface area (Å²) < 4.78 is 5.24. The molecule has 0 bridgehead atoms. The van der Waals surface area contributed by atoms with E-state index in [0.717, 1.165) is 0 Å². The second-order valence-electron chi connectivity index (χ2n) is 5.31.